The monoisotopic (exact) mass is 323 g/mol. The summed E-state index contributed by atoms with van der Waals surface area (Å²) in [5, 5.41) is 8.36. The second-order valence-corrected chi connectivity index (χ2v) is 6.60. The summed E-state index contributed by atoms with van der Waals surface area (Å²) in [6.07, 6.45) is 0.854. The predicted octanol–water partition coefficient (Wildman–Crippen LogP) is 0.844. The molecular formula is C14H21N5O2S. The lowest BCUT2D eigenvalue weighted by molar-refractivity contribution is -0.0259. The first-order valence-electron chi connectivity index (χ1n) is 7.53. The topological polar surface area (TPSA) is 71.8 Å². The number of fused-ring (bicyclic) bond motifs is 1. The van der Waals surface area contributed by atoms with Crippen molar-refractivity contribution in [3.05, 3.63) is 22.1 Å². The van der Waals surface area contributed by atoms with E-state index in [0.29, 0.717) is 10.1 Å². The van der Waals surface area contributed by atoms with Gasteiger partial charge in [-0.05, 0) is 20.4 Å². The van der Waals surface area contributed by atoms with Crippen LogP contribution in [0.2, 0.25) is 0 Å². The summed E-state index contributed by atoms with van der Waals surface area (Å²) in [5.41, 5.74) is 0.665. The lowest BCUT2D eigenvalue weighted by Crippen LogP contribution is -2.47. The van der Waals surface area contributed by atoms with Gasteiger partial charge in [-0.2, -0.15) is 4.52 Å². The van der Waals surface area contributed by atoms with Crippen molar-refractivity contribution < 1.29 is 4.74 Å². The molecule has 2 aromatic rings. The van der Waals surface area contributed by atoms with Crippen molar-refractivity contribution in [2.24, 2.45) is 0 Å². The first kappa shape index (κ1) is 15.4. The quantitative estimate of drug-likeness (QED) is 0.899. The minimum Gasteiger partial charge on any atom is -0.373 e. The van der Waals surface area contributed by atoms with Crippen LogP contribution in [0.25, 0.3) is 4.96 Å². The molecular weight excluding hydrogens is 302 g/mol. The molecule has 0 radical (unpaired) electrons. The van der Waals surface area contributed by atoms with E-state index in [4.69, 9.17) is 4.74 Å². The number of aromatic nitrogens is 3. The number of aryl methyl sites for hydroxylation is 1. The van der Waals surface area contributed by atoms with E-state index >= 15 is 0 Å². The van der Waals surface area contributed by atoms with Crippen LogP contribution in [-0.2, 0) is 11.2 Å². The van der Waals surface area contributed by atoms with Gasteiger partial charge in [-0.25, -0.2) is 4.98 Å². The normalized spacial score (nSPS) is 21.1. The van der Waals surface area contributed by atoms with E-state index in [1.54, 1.807) is 6.07 Å². The van der Waals surface area contributed by atoms with Crippen LogP contribution in [-0.4, -0.2) is 58.4 Å². The van der Waals surface area contributed by atoms with Crippen LogP contribution in [0.5, 0.6) is 0 Å². The molecule has 2 aromatic heterocycles. The Hall–Kier alpha value is -1.51. The molecule has 1 N–H and O–H groups in total. The maximum Gasteiger partial charge on any atom is 0.275 e. The largest absolute Gasteiger partial charge is 0.373 e. The van der Waals surface area contributed by atoms with E-state index in [9.17, 15) is 4.79 Å². The van der Waals surface area contributed by atoms with Crippen molar-refractivity contribution >= 4 is 21.4 Å². The van der Waals surface area contributed by atoms with Gasteiger partial charge < -0.3 is 15.0 Å². The van der Waals surface area contributed by atoms with Crippen LogP contribution in [0, 0.1) is 0 Å². The Balaban J connectivity index is 1.79. The van der Waals surface area contributed by atoms with Crippen LogP contribution in [0.1, 0.15) is 19.5 Å². The minimum atomic E-state index is -0.132. The molecule has 0 aliphatic carbocycles. The summed E-state index contributed by atoms with van der Waals surface area (Å²) >= 11 is 1.39. The fraction of sp³-hybridized carbons (Fsp3) is 0.643. The number of morpholine rings is 1. The van der Waals surface area contributed by atoms with Crippen molar-refractivity contribution in [1.82, 2.24) is 19.5 Å². The number of rotatable bonds is 4. The Kier molecular flexibility index (Phi) is 4.42. The molecule has 2 unspecified atom stereocenters. The Labute approximate surface area is 132 Å². The third kappa shape index (κ3) is 3.13. The van der Waals surface area contributed by atoms with Crippen LogP contribution >= 0.6 is 11.3 Å². The van der Waals surface area contributed by atoms with Gasteiger partial charge in [0, 0.05) is 24.8 Å². The number of hydrogen-bond acceptors (Lipinski definition) is 7. The average Bonchev–Trinajstić information content (AvgIpc) is 2.90. The number of nitrogens with zero attached hydrogens (tertiary/aromatic N) is 4. The molecule has 120 valence electrons. The summed E-state index contributed by atoms with van der Waals surface area (Å²) < 4.78 is 7.16. The molecule has 1 aliphatic heterocycles. The highest BCUT2D eigenvalue weighted by molar-refractivity contribution is 7.20. The van der Waals surface area contributed by atoms with Crippen molar-refractivity contribution in [3.63, 3.8) is 0 Å². The maximum atomic E-state index is 12.0. The Morgan fingerprint density at radius 2 is 2.41 bits per heavy atom. The highest BCUT2D eigenvalue weighted by Crippen LogP contribution is 2.19. The Morgan fingerprint density at radius 1 is 1.59 bits per heavy atom. The number of hydrogen-bond donors (Lipinski definition) is 1. The molecule has 0 aromatic carbocycles. The first-order valence-corrected chi connectivity index (χ1v) is 8.35. The number of anilines is 1. The summed E-state index contributed by atoms with van der Waals surface area (Å²) in [4.78, 5) is 19.3. The second kappa shape index (κ2) is 6.31. The van der Waals surface area contributed by atoms with Crippen LogP contribution in [0.3, 0.4) is 0 Å². The molecule has 0 amide bonds. The number of likely N-dealkylation sites (N-methyl/N-ethyl adjacent to an activating group) is 1. The van der Waals surface area contributed by atoms with E-state index in [1.807, 2.05) is 6.92 Å². The van der Waals surface area contributed by atoms with Gasteiger partial charge >= 0.3 is 0 Å². The molecule has 8 heteroatoms. The lowest BCUT2D eigenvalue weighted by Gasteiger charge is -2.33. The summed E-state index contributed by atoms with van der Waals surface area (Å²) in [6.45, 7) is 6.65. The van der Waals surface area contributed by atoms with Crippen molar-refractivity contribution in [1.29, 1.82) is 0 Å². The SMILES string of the molecule is CCc1cc(=O)n2nc(NC(C)C3CN(C)CCO3)sc2n1. The standard InChI is InChI=1S/C14H21N5O2S/c1-4-10-7-12(20)19-14(16-10)22-13(17-19)15-9(2)11-8-18(3)5-6-21-11/h7,9,11H,4-6,8H2,1-3H3,(H,15,17). The highest BCUT2D eigenvalue weighted by atomic mass is 32.1. The van der Waals surface area contributed by atoms with Gasteiger partial charge in [-0.15, -0.1) is 5.10 Å². The molecule has 1 aliphatic rings. The van der Waals surface area contributed by atoms with Crippen LogP contribution < -0.4 is 10.9 Å². The molecule has 7 nitrogen and oxygen atoms in total. The highest BCUT2D eigenvalue weighted by Gasteiger charge is 2.24. The van der Waals surface area contributed by atoms with Gasteiger partial charge in [0.05, 0.1) is 18.8 Å². The van der Waals surface area contributed by atoms with Gasteiger partial charge in [-0.1, -0.05) is 18.3 Å². The fourth-order valence-electron chi connectivity index (χ4n) is 2.50. The summed E-state index contributed by atoms with van der Waals surface area (Å²) in [5.74, 6) is 0. The van der Waals surface area contributed by atoms with E-state index < -0.39 is 0 Å². The van der Waals surface area contributed by atoms with Crippen molar-refractivity contribution in [2.45, 2.75) is 32.4 Å². The maximum absolute atomic E-state index is 12.0. The van der Waals surface area contributed by atoms with Crippen LogP contribution in [0.4, 0.5) is 5.13 Å². The fourth-order valence-corrected chi connectivity index (χ4v) is 3.42. The third-order valence-electron chi connectivity index (χ3n) is 3.87. The zero-order valence-corrected chi connectivity index (χ0v) is 13.9. The Morgan fingerprint density at radius 3 is 3.14 bits per heavy atom. The first-order chi connectivity index (χ1) is 10.6. The molecule has 1 saturated heterocycles. The van der Waals surface area contributed by atoms with E-state index in [1.165, 1.54) is 15.9 Å². The summed E-state index contributed by atoms with van der Waals surface area (Å²) in [7, 11) is 2.09. The van der Waals surface area contributed by atoms with E-state index in [2.05, 4.69) is 34.3 Å². The predicted molar refractivity (Wildman–Crippen MR) is 86.8 cm³/mol. The van der Waals surface area contributed by atoms with Gasteiger partial charge in [0.15, 0.2) is 0 Å². The van der Waals surface area contributed by atoms with Gasteiger partial charge in [0.2, 0.25) is 10.1 Å². The van der Waals surface area contributed by atoms with Crippen molar-refractivity contribution in [3.8, 4) is 0 Å². The van der Waals surface area contributed by atoms with Crippen LogP contribution in [0.15, 0.2) is 10.9 Å². The smallest absolute Gasteiger partial charge is 0.275 e. The Bertz CT molecular complexity index is 713. The molecule has 3 heterocycles. The van der Waals surface area contributed by atoms with Crippen molar-refractivity contribution in [2.75, 3.05) is 32.1 Å². The average molecular weight is 323 g/mol. The molecule has 3 rings (SSSR count). The number of nitrogens with one attached hydrogen (secondary N) is 1. The van der Waals surface area contributed by atoms with Gasteiger partial charge in [-0.3, -0.25) is 4.79 Å². The second-order valence-electron chi connectivity index (χ2n) is 5.65. The number of ether oxygens (including phenoxy) is 1. The molecule has 1 fully saturated rings. The minimum absolute atomic E-state index is 0.113. The van der Waals surface area contributed by atoms with E-state index in [-0.39, 0.29) is 17.7 Å². The molecule has 22 heavy (non-hydrogen) atoms. The van der Waals surface area contributed by atoms with Gasteiger partial charge in [0.1, 0.15) is 0 Å². The lowest BCUT2D eigenvalue weighted by atomic mass is 10.1. The van der Waals surface area contributed by atoms with Gasteiger partial charge in [0.25, 0.3) is 5.56 Å². The molecule has 2 atom stereocenters. The zero-order chi connectivity index (χ0) is 15.7. The summed E-state index contributed by atoms with van der Waals surface area (Å²) in [6, 6.07) is 1.66. The van der Waals surface area contributed by atoms with E-state index in [0.717, 1.165) is 31.8 Å². The molecule has 0 spiro atoms. The third-order valence-corrected chi connectivity index (χ3v) is 4.71. The molecule has 0 saturated carbocycles. The molecule has 0 bridgehead atoms. The zero-order valence-electron chi connectivity index (χ0n) is 13.1.